The monoisotopic (exact) mass is 216 g/mol. The smallest absolute Gasteiger partial charge is 0.286 e. The Hall–Kier alpha value is -2.08. The van der Waals surface area contributed by atoms with E-state index < -0.39 is 10.2 Å². The lowest BCUT2D eigenvalue weighted by atomic mass is 10.8. The Morgan fingerprint density at radius 2 is 1.79 bits per heavy atom. The molecule has 0 radical (unpaired) electrons. The third kappa shape index (κ3) is 6.62. The van der Waals surface area contributed by atoms with Crippen LogP contribution in [-0.2, 0) is 19.8 Å². The molecule has 0 saturated heterocycles. The van der Waals surface area contributed by atoms with Crippen LogP contribution >= 0.6 is 0 Å². The molecule has 0 bridgehead atoms. The van der Waals surface area contributed by atoms with Crippen molar-refractivity contribution in [2.45, 2.75) is 0 Å². The Balaban J connectivity index is 0.000000280. The van der Waals surface area contributed by atoms with Gasteiger partial charge in [-0.25, -0.2) is 9.59 Å². The van der Waals surface area contributed by atoms with Gasteiger partial charge in [0.05, 0.1) is 0 Å². The number of hydrogen-bond acceptors (Lipinski definition) is 5. The molecular weight excluding hydrogens is 212 g/mol. The summed E-state index contributed by atoms with van der Waals surface area (Å²) in [5, 5.41) is 6.21. The molecule has 1 aromatic heterocycles. The van der Waals surface area contributed by atoms with E-state index in [1.165, 1.54) is 0 Å². The molecule has 0 aromatic carbocycles. The van der Waals surface area contributed by atoms with E-state index in [0.29, 0.717) is 12.2 Å². The molecule has 0 unspecified atom stereocenters. The van der Waals surface area contributed by atoms with Crippen molar-refractivity contribution in [2.75, 3.05) is 0 Å². The summed E-state index contributed by atoms with van der Waals surface area (Å²) >= 11 is 0. The summed E-state index contributed by atoms with van der Waals surface area (Å²) < 4.78 is 24.3. The minimum Gasteiger partial charge on any atom is -0.286 e. The maximum atomic E-state index is 9.97. The van der Waals surface area contributed by atoms with Gasteiger partial charge in [0.2, 0.25) is 0 Å². The fraction of sp³-hybridized carbons (Fsp3) is 0. The first-order valence-corrected chi connectivity index (χ1v) is 4.39. The first-order valence-electron chi connectivity index (χ1n) is 2.99. The fourth-order valence-corrected chi connectivity index (χ4v) is 0.559. The number of H-pyrrole nitrogens is 1. The molecule has 1 aromatic rings. The van der Waals surface area contributed by atoms with Crippen molar-refractivity contribution in [1.29, 1.82) is 0 Å². The predicted octanol–water partition coefficient (Wildman–Crippen LogP) is -0.688. The highest BCUT2D eigenvalue weighted by Gasteiger charge is 2.00. The quantitative estimate of drug-likeness (QED) is 0.518. The van der Waals surface area contributed by atoms with Gasteiger partial charge in [0.1, 0.15) is 0 Å². The van der Waals surface area contributed by atoms with Crippen LogP contribution in [0.4, 0.5) is 0 Å². The number of carbonyl (C=O) groups excluding carboxylic acids is 2. The van der Waals surface area contributed by atoms with Crippen molar-refractivity contribution in [2.24, 2.45) is 8.80 Å². The van der Waals surface area contributed by atoms with Crippen molar-refractivity contribution >= 4 is 22.4 Å². The molecule has 1 N–H and O–H groups in total. The molecule has 0 saturated carbocycles. The van der Waals surface area contributed by atoms with Crippen LogP contribution in [0.3, 0.4) is 0 Å². The SMILES string of the molecule is O=C=NS(=O)(=O)N=C=O.c1cn[nH]c1. The van der Waals surface area contributed by atoms with E-state index in [0.717, 1.165) is 0 Å². The molecule has 0 aliphatic heterocycles. The number of rotatable bonds is 2. The zero-order valence-corrected chi connectivity index (χ0v) is 7.43. The second-order valence-electron chi connectivity index (χ2n) is 1.58. The molecule has 0 amide bonds. The Morgan fingerprint density at radius 3 is 2.00 bits per heavy atom. The average Bonchev–Trinajstić information content (AvgIpc) is 2.59. The van der Waals surface area contributed by atoms with E-state index in [1.54, 1.807) is 12.4 Å². The highest BCUT2D eigenvalue weighted by Crippen LogP contribution is 1.87. The van der Waals surface area contributed by atoms with Crippen LogP contribution in [0.2, 0.25) is 0 Å². The number of nitrogens with one attached hydrogen (secondary N) is 1. The fourth-order valence-electron chi connectivity index (χ4n) is 0.330. The summed E-state index contributed by atoms with van der Waals surface area (Å²) in [6.07, 6.45) is 4.87. The molecule has 0 fully saturated rings. The van der Waals surface area contributed by atoms with E-state index in [2.05, 4.69) is 19.0 Å². The van der Waals surface area contributed by atoms with E-state index in [4.69, 9.17) is 0 Å². The Bertz CT molecular complexity index is 397. The second kappa shape index (κ2) is 6.44. The van der Waals surface area contributed by atoms with Crippen molar-refractivity contribution in [3.05, 3.63) is 18.5 Å². The number of nitrogens with zero attached hydrogens (tertiary/aromatic N) is 3. The number of aromatic nitrogens is 2. The topological polar surface area (TPSA) is 122 Å². The minimum absolute atomic E-state index is 0.707. The summed E-state index contributed by atoms with van der Waals surface area (Å²) in [4.78, 5) is 18.5. The molecule has 8 nitrogen and oxygen atoms in total. The first-order chi connectivity index (χ1) is 6.62. The third-order valence-corrected chi connectivity index (χ3v) is 1.32. The van der Waals surface area contributed by atoms with E-state index in [1.807, 2.05) is 6.07 Å². The largest absolute Gasteiger partial charge is 0.383 e. The lowest BCUT2D eigenvalue weighted by Crippen LogP contribution is -1.86. The number of isocyanates is 2. The van der Waals surface area contributed by atoms with Gasteiger partial charge in [-0.2, -0.15) is 13.5 Å². The molecule has 0 atom stereocenters. The van der Waals surface area contributed by atoms with Crippen molar-refractivity contribution in [1.82, 2.24) is 10.2 Å². The van der Waals surface area contributed by atoms with Crippen molar-refractivity contribution in [3.63, 3.8) is 0 Å². The average molecular weight is 216 g/mol. The molecule has 0 aliphatic carbocycles. The predicted molar refractivity (Wildman–Crippen MR) is 43.8 cm³/mol. The van der Waals surface area contributed by atoms with Gasteiger partial charge in [0, 0.05) is 12.4 Å². The van der Waals surface area contributed by atoms with E-state index >= 15 is 0 Å². The third-order valence-electron chi connectivity index (χ3n) is 0.711. The van der Waals surface area contributed by atoms with Crippen LogP contribution in [-0.4, -0.2) is 30.8 Å². The van der Waals surface area contributed by atoms with Crippen LogP contribution < -0.4 is 0 Å². The van der Waals surface area contributed by atoms with Crippen molar-refractivity contribution in [3.8, 4) is 0 Å². The summed E-state index contributed by atoms with van der Waals surface area (Å²) in [7, 11) is -4.28. The Morgan fingerprint density at radius 1 is 1.21 bits per heavy atom. The summed E-state index contributed by atoms with van der Waals surface area (Å²) in [5.74, 6) is 0. The van der Waals surface area contributed by atoms with Crippen LogP contribution in [0.5, 0.6) is 0 Å². The van der Waals surface area contributed by atoms with Crippen molar-refractivity contribution < 1.29 is 18.0 Å². The maximum Gasteiger partial charge on any atom is 0.383 e. The van der Waals surface area contributed by atoms with Gasteiger partial charge in [0.25, 0.3) is 12.2 Å². The maximum absolute atomic E-state index is 9.97. The highest BCUT2D eigenvalue weighted by atomic mass is 32.2. The van der Waals surface area contributed by atoms with Gasteiger partial charge < -0.3 is 0 Å². The Labute approximate surface area is 78.6 Å². The molecule has 74 valence electrons. The molecule has 0 aliphatic rings. The zero-order chi connectivity index (χ0) is 10.9. The van der Waals surface area contributed by atoms with E-state index in [-0.39, 0.29) is 0 Å². The summed E-state index contributed by atoms with van der Waals surface area (Å²) in [6, 6.07) is 1.83. The minimum atomic E-state index is -4.28. The summed E-state index contributed by atoms with van der Waals surface area (Å²) in [6.45, 7) is 0. The highest BCUT2D eigenvalue weighted by molar-refractivity contribution is 7.89. The zero-order valence-electron chi connectivity index (χ0n) is 6.61. The number of aromatic amines is 1. The van der Waals surface area contributed by atoms with Gasteiger partial charge in [-0.05, 0) is 6.07 Å². The number of hydrogen-bond donors (Lipinski definition) is 1. The van der Waals surface area contributed by atoms with Crippen LogP contribution in [0.15, 0.2) is 27.3 Å². The van der Waals surface area contributed by atoms with Gasteiger partial charge in [-0.3, -0.25) is 5.10 Å². The molecule has 0 spiro atoms. The normalized spacial score (nSPS) is 8.57. The second-order valence-corrected chi connectivity index (χ2v) is 2.84. The first kappa shape index (κ1) is 11.9. The van der Waals surface area contributed by atoms with E-state index in [9.17, 15) is 18.0 Å². The molecule has 1 heterocycles. The van der Waals surface area contributed by atoms with Gasteiger partial charge in [-0.15, -0.1) is 0 Å². The van der Waals surface area contributed by atoms with Crippen LogP contribution in [0.1, 0.15) is 0 Å². The lowest BCUT2D eigenvalue weighted by molar-refractivity contribution is 0.561. The molecular formula is C5H4N4O4S. The molecule has 9 heteroatoms. The van der Waals surface area contributed by atoms with Gasteiger partial charge >= 0.3 is 10.2 Å². The molecule has 14 heavy (non-hydrogen) atoms. The van der Waals surface area contributed by atoms with Gasteiger partial charge in [0.15, 0.2) is 0 Å². The van der Waals surface area contributed by atoms with Crippen LogP contribution in [0, 0.1) is 0 Å². The van der Waals surface area contributed by atoms with Crippen LogP contribution in [0.25, 0.3) is 0 Å². The summed E-state index contributed by atoms with van der Waals surface area (Å²) in [5.41, 5.74) is 0. The standard InChI is InChI=1S/C3H4N2.C2N2O4S/c1-2-4-5-3-1;5-1-3-9(7,8)4-2-6/h1-3H,(H,4,5);. The Kier molecular flexibility index (Phi) is 5.48. The molecule has 1 rings (SSSR count). The lowest BCUT2D eigenvalue weighted by Gasteiger charge is -1.72. The van der Waals surface area contributed by atoms with Gasteiger partial charge in [-0.1, -0.05) is 8.80 Å².